The molecule has 3 nitrogen and oxygen atoms in total. The monoisotopic (exact) mass is 223 g/mol. The van der Waals surface area contributed by atoms with Crippen molar-refractivity contribution in [2.75, 3.05) is 13.7 Å². The van der Waals surface area contributed by atoms with Crippen molar-refractivity contribution in [3.63, 3.8) is 0 Å². The zero-order valence-corrected chi connectivity index (χ0v) is 10.3. The molecule has 0 aromatic heterocycles. The second-order valence-corrected chi connectivity index (χ2v) is 4.17. The lowest BCUT2D eigenvalue weighted by Gasteiger charge is -2.17. The van der Waals surface area contributed by atoms with Crippen LogP contribution in [-0.4, -0.2) is 25.9 Å². The van der Waals surface area contributed by atoms with Crippen molar-refractivity contribution in [1.29, 1.82) is 0 Å². The van der Waals surface area contributed by atoms with Gasteiger partial charge < -0.3 is 15.2 Å². The SMILES string of the molecule is COCC(C)Oc1ccccc1CC(C)N. The molecule has 0 aliphatic rings. The van der Waals surface area contributed by atoms with Gasteiger partial charge in [-0.15, -0.1) is 0 Å². The summed E-state index contributed by atoms with van der Waals surface area (Å²) < 4.78 is 10.9. The van der Waals surface area contributed by atoms with Gasteiger partial charge in [0.05, 0.1) is 6.61 Å². The molecule has 0 saturated carbocycles. The summed E-state index contributed by atoms with van der Waals surface area (Å²) in [7, 11) is 1.67. The van der Waals surface area contributed by atoms with E-state index in [0.29, 0.717) is 6.61 Å². The van der Waals surface area contributed by atoms with Crippen LogP contribution in [0, 0.1) is 0 Å². The van der Waals surface area contributed by atoms with E-state index in [9.17, 15) is 0 Å². The van der Waals surface area contributed by atoms with Gasteiger partial charge in [-0.1, -0.05) is 18.2 Å². The third-order valence-corrected chi connectivity index (χ3v) is 2.24. The smallest absolute Gasteiger partial charge is 0.123 e. The lowest BCUT2D eigenvalue weighted by molar-refractivity contribution is 0.0913. The van der Waals surface area contributed by atoms with Gasteiger partial charge in [-0.3, -0.25) is 0 Å². The van der Waals surface area contributed by atoms with Crippen LogP contribution in [0.4, 0.5) is 0 Å². The van der Waals surface area contributed by atoms with Gasteiger partial charge >= 0.3 is 0 Å². The van der Waals surface area contributed by atoms with Gasteiger partial charge in [-0.05, 0) is 31.9 Å². The lowest BCUT2D eigenvalue weighted by atomic mass is 10.1. The number of hydrogen-bond acceptors (Lipinski definition) is 3. The minimum Gasteiger partial charge on any atom is -0.488 e. The zero-order valence-electron chi connectivity index (χ0n) is 10.3. The van der Waals surface area contributed by atoms with E-state index >= 15 is 0 Å². The summed E-state index contributed by atoms with van der Waals surface area (Å²) in [4.78, 5) is 0. The van der Waals surface area contributed by atoms with Crippen LogP contribution in [0.1, 0.15) is 19.4 Å². The van der Waals surface area contributed by atoms with Crippen molar-refractivity contribution in [2.24, 2.45) is 5.73 Å². The van der Waals surface area contributed by atoms with E-state index in [2.05, 4.69) is 6.07 Å². The maximum atomic E-state index is 5.81. The van der Waals surface area contributed by atoms with Crippen LogP contribution in [0.2, 0.25) is 0 Å². The normalized spacial score (nSPS) is 14.5. The summed E-state index contributed by atoms with van der Waals surface area (Å²) in [6.45, 7) is 4.58. The highest BCUT2D eigenvalue weighted by Crippen LogP contribution is 2.20. The Bertz CT molecular complexity index is 313. The molecular weight excluding hydrogens is 202 g/mol. The highest BCUT2D eigenvalue weighted by Gasteiger charge is 2.08. The van der Waals surface area contributed by atoms with E-state index in [-0.39, 0.29) is 12.1 Å². The number of benzene rings is 1. The minimum atomic E-state index is 0.0548. The van der Waals surface area contributed by atoms with Gasteiger partial charge in [0.1, 0.15) is 11.9 Å². The predicted octanol–water partition coefficient (Wildman–Crippen LogP) is 1.99. The molecule has 0 aliphatic carbocycles. The van der Waals surface area contributed by atoms with Crippen molar-refractivity contribution >= 4 is 0 Å². The van der Waals surface area contributed by atoms with Gasteiger partial charge in [-0.25, -0.2) is 0 Å². The van der Waals surface area contributed by atoms with Crippen LogP contribution in [-0.2, 0) is 11.2 Å². The second kappa shape index (κ2) is 6.51. The Hall–Kier alpha value is -1.06. The maximum Gasteiger partial charge on any atom is 0.123 e. The third-order valence-electron chi connectivity index (χ3n) is 2.24. The minimum absolute atomic E-state index is 0.0548. The molecule has 1 rings (SSSR count). The van der Waals surface area contributed by atoms with Crippen LogP contribution in [0.25, 0.3) is 0 Å². The number of nitrogens with two attached hydrogens (primary N) is 1. The Kier molecular flexibility index (Phi) is 5.29. The van der Waals surface area contributed by atoms with E-state index in [4.69, 9.17) is 15.2 Å². The van der Waals surface area contributed by atoms with E-state index in [1.54, 1.807) is 7.11 Å². The first-order chi connectivity index (χ1) is 7.63. The molecule has 90 valence electrons. The zero-order chi connectivity index (χ0) is 12.0. The van der Waals surface area contributed by atoms with Gasteiger partial charge in [0.25, 0.3) is 0 Å². The Morgan fingerprint density at radius 3 is 2.56 bits per heavy atom. The molecule has 0 bridgehead atoms. The predicted molar refractivity (Wildman–Crippen MR) is 65.8 cm³/mol. The quantitative estimate of drug-likeness (QED) is 0.802. The molecule has 1 aromatic rings. The van der Waals surface area contributed by atoms with E-state index in [0.717, 1.165) is 17.7 Å². The fourth-order valence-corrected chi connectivity index (χ4v) is 1.62. The van der Waals surface area contributed by atoms with Crippen molar-refractivity contribution in [1.82, 2.24) is 0 Å². The van der Waals surface area contributed by atoms with Crippen molar-refractivity contribution in [3.05, 3.63) is 29.8 Å². The average Bonchev–Trinajstić information content (AvgIpc) is 2.20. The summed E-state index contributed by atoms with van der Waals surface area (Å²) >= 11 is 0. The summed E-state index contributed by atoms with van der Waals surface area (Å²) in [5, 5.41) is 0. The van der Waals surface area contributed by atoms with Gasteiger partial charge in [0.2, 0.25) is 0 Å². The largest absolute Gasteiger partial charge is 0.488 e. The number of methoxy groups -OCH3 is 1. The molecule has 2 unspecified atom stereocenters. The summed E-state index contributed by atoms with van der Waals surface area (Å²) in [5.74, 6) is 0.907. The Labute approximate surface area is 97.6 Å². The highest BCUT2D eigenvalue weighted by atomic mass is 16.5. The van der Waals surface area contributed by atoms with E-state index in [1.165, 1.54) is 0 Å². The number of ether oxygens (including phenoxy) is 2. The Morgan fingerprint density at radius 1 is 1.25 bits per heavy atom. The van der Waals surface area contributed by atoms with Crippen LogP contribution >= 0.6 is 0 Å². The van der Waals surface area contributed by atoms with Crippen molar-refractivity contribution in [3.8, 4) is 5.75 Å². The second-order valence-electron chi connectivity index (χ2n) is 4.17. The summed E-state index contributed by atoms with van der Waals surface area (Å²) in [6.07, 6.45) is 0.884. The maximum absolute atomic E-state index is 5.81. The fraction of sp³-hybridized carbons (Fsp3) is 0.538. The van der Waals surface area contributed by atoms with E-state index in [1.807, 2.05) is 32.0 Å². The summed E-state index contributed by atoms with van der Waals surface area (Å²) in [6, 6.07) is 8.15. The molecule has 16 heavy (non-hydrogen) atoms. The number of para-hydroxylation sites is 1. The molecule has 1 aromatic carbocycles. The first-order valence-electron chi connectivity index (χ1n) is 5.62. The Morgan fingerprint density at radius 2 is 1.94 bits per heavy atom. The number of hydrogen-bond donors (Lipinski definition) is 1. The lowest BCUT2D eigenvalue weighted by Crippen LogP contribution is -2.21. The van der Waals surface area contributed by atoms with Gasteiger partial charge in [0.15, 0.2) is 0 Å². The Balaban J connectivity index is 2.70. The van der Waals surface area contributed by atoms with E-state index < -0.39 is 0 Å². The topological polar surface area (TPSA) is 44.5 Å². The van der Waals surface area contributed by atoms with Crippen LogP contribution < -0.4 is 10.5 Å². The standard InChI is InChI=1S/C13H21NO2/c1-10(14)8-12-6-4-5-7-13(12)16-11(2)9-15-3/h4-7,10-11H,8-9,14H2,1-3H3. The molecule has 0 heterocycles. The van der Waals surface area contributed by atoms with Crippen LogP contribution in [0.5, 0.6) is 5.75 Å². The third kappa shape index (κ3) is 4.21. The molecule has 0 fully saturated rings. The highest BCUT2D eigenvalue weighted by molar-refractivity contribution is 5.34. The first-order valence-corrected chi connectivity index (χ1v) is 5.62. The molecule has 0 saturated heterocycles. The van der Waals surface area contributed by atoms with Crippen LogP contribution in [0.15, 0.2) is 24.3 Å². The molecule has 0 radical (unpaired) electrons. The molecular formula is C13H21NO2. The van der Waals surface area contributed by atoms with Crippen molar-refractivity contribution in [2.45, 2.75) is 32.4 Å². The van der Waals surface area contributed by atoms with Crippen LogP contribution in [0.3, 0.4) is 0 Å². The fourth-order valence-electron chi connectivity index (χ4n) is 1.62. The average molecular weight is 223 g/mol. The summed E-state index contributed by atoms with van der Waals surface area (Å²) in [5.41, 5.74) is 6.96. The molecule has 0 amide bonds. The number of rotatable bonds is 6. The molecule has 2 N–H and O–H groups in total. The molecule has 3 heteroatoms. The molecule has 2 atom stereocenters. The first kappa shape index (κ1) is 13.0. The molecule has 0 spiro atoms. The van der Waals surface area contributed by atoms with Crippen molar-refractivity contribution < 1.29 is 9.47 Å². The van der Waals surface area contributed by atoms with Gasteiger partial charge in [-0.2, -0.15) is 0 Å². The van der Waals surface area contributed by atoms with Gasteiger partial charge in [0, 0.05) is 13.2 Å². The molecule has 0 aliphatic heterocycles.